The normalized spacial score (nSPS) is 11.4. The van der Waals surface area contributed by atoms with Crippen molar-refractivity contribution in [2.75, 3.05) is 6.61 Å². The fraction of sp³-hybridized carbons (Fsp3) is 0.250. The molecule has 0 amide bonds. The summed E-state index contributed by atoms with van der Waals surface area (Å²) in [5, 5.41) is 0. The monoisotopic (exact) mass is 370 g/mol. The van der Waals surface area contributed by atoms with Crippen molar-refractivity contribution < 1.29 is 13.2 Å². The quantitative estimate of drug-likeness (QED) is 0.553. The van der Waals surface area contributed by atoms with Gasteiger partial charge in [-0.3, -0.25) is 0 Å². The topological polar surface area (TPSA) is 61.2 Å². The lowest BCUT2D eigenvalue weighted by molar-refractivity contribution is 0.306. The molecule has 0 bridgehead atoms. The first-order valence-corrected chi connectivity index (χ1v) is 10.1. The van der Waals surface area contributed by atoms with Crippen molar-refractivity contribution >= 4 is 10.0 Å². The zero-order valence-electron chi connectivity index (χ0n) is 14.7. The molecule has 0 saturated carbocycles. The second-order valence-electron chi connectivity index (χ2n) is 5.94. The second kappa shape index (κ2) is 8.19. The lowest BCUT2D eigenvalue weighted by Crippen LogP contribution is -2.13. The Morgan fingerprint density at radius 3 is 2.42 bits per heavy atom. The first-order valence-electron chi connectivity index (χ1n) is 8.70. The minimum Gasteiger partial charge on any atom is -0.494 e. The molecular weight excluding hydrogens is 348 g/mol. The maximum atomic E-state index is 12.9. The predicted octanol–water partition coefficient (Wildman–Crippen LogP) is 4.36. The van der Waals surface area contributed by atoms with Gasteiger partial charge in [0.05, 0.1) is 11.5 Å². The van der Waals surface area contributed by atoms with Crippen molar-refractivity contribution in [2.24, 2.45) is 0 Å². The first-order chi connectivity index (χ1) is 12.6. The van der Waals surface area contributed by atoms with Gasteiger partial charge in [0, 0.05) is 18.0 Å². The van der Waals surface area contributed by atoms with Crippen LogP contribution in [0.4, 0.5) is 0 Å². The number of ether oxygens (including phenoxy) is 1. The Labute approximate surface area is 154 Å². The number of nitrogens with zero attached hydrogens (tertiary/aromatic N) is 2. The van der Waals surface area contributed by atoms with Crippen molar-refractivity contribution in [2.45, 2.75) is 31.1 Å². The zero-order valence-corrected chi connectivity index (χ0v) is 15.5. The molecule has 0 radical (unpaired) electrons. The highest BCUT2D eigenvalue weighted by Crippen LogP contribution is 2.25. The molecule has 0 fully saturated rings. The molecule has 3 rings (SSSR count). The molecule has 26 heavy (non-hydrogen) atoms. The summed E-state index contributed by atoms with van der Waals surface area (Å²) in [5.74, 6) is 1.15. The minimum atomic E-state index is -3.68. The largest absolute Gasteiger partial charge is 0.494 e. The molecule has 3 aromatic rings. The Hall–Kier alpha value is -2.60. The number of hydrogen-bond donors (Lipinski definition) is 0. The van der Waals surface area contributed by atoms with E-state index in [-0.39, 0.29) is 4.90 Å². The molecule has 0 spiro atoms. The van der Waals surface area contributed by atoms with Gasteiger partial charge in [-0.05, 0) is 42.8 Å². The van der Waals surface area contributed by atoms with Crippen LogP contribution in [-0.4, -0.2) is 24.0 Å². The Morgan fingerprint density at radius 1 is 1.00 bits per heavy atom. The summed E-state index contributed by atoms with van der Waals surface area (Å²) < 4.78 is 32.6. The average Bonchev–Trinajstić information content (AvgIpc) is 3.17. The second-order valence-corrected chi connectivity index (χ2v) is 7.76. The van der Waals surface area contributed by atoms with Gasteiger partial charge < -0.3 is 4.74 Å². The molecule has 0 aliphatic carbocycles. The smallest absolute Gasteiger partial charge is 0.269 e. The summed E-state index contributed by atoms with van der Waals surface area (Å²) in [7, 11) is -3.68. The fourth-order valence-corrected chi connectivity index (χ4v) is 3.96. The SMILES string of the molecule is CCCCCOc1ccc(-c2nccn2S(=O)(=O)c2ccccc2)cc1. The first kappa shape index (κ1) is 18.2. The van der Waals surface area contributed by atoms with Gasteiger partial charge in [-0.1, -0.05) is 38.0 Å². The van der Waals surface area contributed by atoms with Crippen molar-refractivity contribution in [3.8, 4) is 17.1 Å². The van der Waals surface area contributed by atoms with Crippen LogP contribution < -0.4 is 4.74 Å². The van der Waals surface area contributed by atoms with E-state index in [9.17, 15) is 8.42 Å². The maximum absolute atomic E-state index is 12.9. The minimum absolute atomic E-state index is 0.232. The van der Waals surface area contributed by atoms with Crippen LogP contribution in [-0.2, 0) is 10.0 Å². The maximum Gasteiger partial charge on any atom is 0.269 e. The van der Waals surface area contributed by atoms with E-state index < -0.39 is 10.0 Å². The van der Waals surface area contributed by atoms with E-state index in [1.807, 2.05) is 24.3 Å². The summed E-state index contributed by atoms with van der Waals surface area (Å²) in [6.45, 7) is 2.84. The Kier molecular flexibility index (Phi) is 5.73. The predicted molar refractivity (Wildman–Crippen MR) is 102 cm³/mol. The van der Waals surface area contributed by atoms with E-state index in [0.717, 1.165) is 30.6 Å². The lowest BCUT2D eigenvalue weighted by Gasteiger charge is -2.10. The van der Waals surface area contributed by atoms with Crippen molar-refractivity contribution in [1.82, 2.24) is 8.96 Å². The number of hydrogen-bond acceptors (Lipinski definition) is 4. The van der Waals surface area contributed by atoms with Crippen LogP contribution in [0.15, 0.2) is 71.9 Å². The summed E-state index contributed by atoms with van der Waals surface area (Å²) in [5.41, 5.74) is 0.718. The van der Waals surface area contributed by atoms with Crippen molar-refractivity contribution in [1.29, 1.82) is 0 Å². The van der Waals surface area contributed by atoms with Gasteiger partial charge in [-0.15, -0.1) is 0 Å². The Balaban J connectivity index is 1.83. The molecule has 0 saturated heterocycles. The number of unbranched alkanes of at least 4 members (excludes halogenated alkanes) is 2. The molecular formula is C20H22N2O3S. The van der Waals surface area contributed by atoms with Gasteiger partial charge in [0.15, 0.2) is 5.82 Å². The van der Waals surface area contributed by atoms with Gasteiger partial charge in [-0.25, -0.2) is 17.4 Å². The molecule has 1 heterocycles. The molecule has 136 valence electrons. The van der Waals surface area contributed by atoms with E-state index in [4.69, 9.17) is 4.74 Å². The van der Waals surface area contributed by atoms with Gasteiger partial charge in [0.25, 0.3) is 10.0 Å². The zero-order chi connectivity index (χ0) is 18.4. The van der Waals surface area contributed by atoms with Crippen LogP contribution in [0.1, 0.15) is 26.2 Å². The third-order valence-corrected chi connectivity index (χ3v) is 5.72. The molecule has 1 aromatic heterocycles. The van der Waals surface area contributed by atoms with Crippen molar-refractivity contribution in [3.63, 3.8) is 0 Å². The van der Waals surface area contributed by atoms with Crippen LogP contribution in [0.5, 0.6) is 5.75 Å². The summed E-state index contributed by atoms with van der Waals surface area (Å²) in [4.78, 5) is 4.47. The van der Waals surface area contributed by atoms with Gasteiger partial charge in [-0.2, -0.15) is 0 Å². The molecule has 5 nitrogen and oxygen atoms in total. The third-order valence-electron chi connectivity index (χ3n) is 4.04. The van der Waals surface area contributed by atoms with E-state index in [1.54, 1.807) is 30.3 Å². The van der Waals surface area contributed by atoms with Crippen LogP contribution in [0.25, 0.3) is 11.4 Å². The van der Waals surface area contributed by atoms with E-state index >= 15 is 0 Å². The Morgan fingerprint density at radius 2 is 1.73 bits per heavy atom. The summed E-state index contributed by atoms with van der Waals surface area (Å²) in [6, 6.07) is 15.7. The van der Waals surface area contributed by atoms with Crippen LogP contribution >= 0.6 is 0 Å². The molecule has 0 atom stereocenters. The molecule has 0 unspecified atom stereocenters. The van der Waals surface area contributed by atoms with E-state index in [0.29, 0.717) is 12.4 Å². The van der Waals surface area contributed by atoms with Gasteiger partial charge in [0.1, 0.15) is 5.75 Å². The van der Waals surface area contributed by atoms with E-state index in [2.05, 4.69) is 11.9 Å². The molecule has 6 heteroatoms. The van der Waals surface area contributed by atoms with E-state index in [1.165, 1.54) is 16.4 Å². The standard InChI is InChI=1S/C20H22N2O3S/c1-2-3-7-16-25-18-12-10-17(11-13-18)20-21-14-15-22(20)26(23,24)19-8-5-4-6-9-19/h4-6,8-15H,2-3,7,16H2,1H3. The molecule has 0 aliphatic rings. The number of imidazole rings is 1. The lowest BCUT2D eigenvalue weighted by atomic mass is 10.2. The molecule has 0 aliphatic heterocycles. The fourth-order valence-electron chi connectivity index (χ4n) is 2.64. The number of rotatable bonds is 8. The van der Waals surface area contributed by atoms with Crippen LogP contribution in [0, 0.1) is 0 Å². The number of benzene rings is 2. The third kappa shape index (κ3) is 3.96. The average molecular weight is 370 g/mol. The van der Waals surface area contributed by atoms with Gasteiger partial charge >= 0.3 is 0 Å². The molecule has 0 N–H and O–H groups in total. The summed E-state index contributed by atoms with van der Waals surface area (Å²) in [6.07, 6.45) is 6.28. The highest BCUT2D eigenvalue weighted by atomic mass is 32.2. The van der Waals surface area contributed by atoms with Crippen molar-refractivity contribution in [3.05, 3.63) is 67.0 Å². The van der Waals surface area contributed by atoms with Crippen LogP contribution in [0.2, 0.25) is 0 Å². The van der Waals surface area contributed by atoms with Crippen LogP contribution in [0.3, 0.4) is 0 Å². The Bertz CT molecular complexity index is 933. The van der Waals surface area contributed by atoms with Gasteiger partial charge in [0.2, 0.25) is 0 Å². The number of aromatic nitrogens is 2. The molecule has 2 aromatic carbocycles. The summed E-state index contributed by atoms with van der Waals surface area (Å²) >= 11 is 0. The highest BCUT2D eigenvalue weighted by Gasteiger charge is 2.20. The highest BCUT2D eigenvalue weighted by molar-refractivity contribution is 7.90.